The van der Waals surface area contributed by atoms with E-state index in [1.54, 1.807) is 0 Å². The van der Waals surface area contributed by atoms with E-state index in [-0.39, 0.29) is 0 Å². The zero-order chi connectivity index (χ0) is 9.56. The van der Waals surface area contributed by atoms with Gasteiger partial charge in [-0.3, -0.25) is 0 Å². The molecule has 0 unspecified atom stereocenters. The van der Waals surface area contributed by atoms with Crippen LogP contribution < -0.4 is 10.0 Å². The van der Waals surface area contributed by atoms with Gasteiger partial charge in [-0.15, -0.1) is 0 Å². The Morgan fingerprint density at radius 2 is 2.42 bits per heavy atom. The molecule has 0 aliphatic rings. The number of nitrogens with one attached hydrogen (secondary N) is 1. The molecule has 0 saturated heterocycles. The van der Waals surface area contributed by atoms with Crippen molar-refractivity contribution in [3.05, 3.63) is 0 Å². The van der Waals surface area contributed by atoms with Crippen molar-refractivity contribution in [1.29, 1.82) is 5.53 Å². The van der Waals surface area contributed by atoms with Gasteiger partial charge in [0.2, 0.25) is 4.91 Å². The number of carboxylic acid groups (broad SMARTS) is 1. The molecule has 0 saturated carbocycles. The summed E-state index contributed by atoms with van der Waals surface area (Å²) in [5, 5.41) is 22.4. The van der Waals surface area contributed by atoms with Crippen LogP contribution in [-0.4, -0.2) is 23.2 Å². The third-order valence-electron chi connectivity index (χ3n) is 1.40. The highest BCUT2D eigenvalue weighted by Crippen LogP contribution is 2.05. The normalized spacial score (nSPS) is 14.5. The first-order chi connectivity index (χ1) is 5.63. The minimum absolute atomic E-state index is 0.373. The molecule has 2 atom stereocenters. The van der Waals surface area contributed by atoms with Crippen LogP contribution in [0.2, 0.25) is 0 Å². The number of nitrogens with zero attached hydrogens (tertiary/aromatic N) is 2. The molecule has 0 aromatic carbocycles. The summed E-state index contributed by atoms with van der Waals surface area (Å²) in [6.45, 7) is 1.81. The third-order valence-corrected chi connectivity index (χ3v) is 1.40. The second-order valence-corrected chi connectivity index (χ2v) is 2.34. The molecule has 0 fully saturated rings. The van der Waals surface area contributed by atoms with Gasteiger partial charge in [-0.05, 0) is 6.42 Å². The lowest BCUT2D eigenvalue weighted by Crippen LogP contribution is -2.42. The monoisotopic (exact) mass is 173 g/mol. The van der Waals surface area contributed by atoms with Gasteiger partial charge in [-0.2, -0.15) is 0 Å². The van der Waals surface area contributed by atoms with Crippen LogP contribution in [0.4, 0.5) is 0 Å². The molecule has 0 rings (SSSR count). The first-order valence-electron chi connectivity index (χ1n) is 3.59. The van der Waals surface area contributed by atoms with Crippen molar-refractivity contribution in [2.75, 3.05) is 0 Å². The fourth-order valence-electron chi connectivity index (χ4n) is 0.806. The summed E-state index contributed by atoms with van der Waals surface area (Å²) >= 11 is 0. The summed E-state index contributed by atoms with van der Waals surface area (Å²) in [6, 6.07) is -0.863. The summed E-state index contributed by atoms with van der Waals surface area (Å²) in [6.07, 6.45) is -0.634. The fourth-order valence-corrected chi connectivity index (χ4v) is 0.806. The number of aliphatic hydroxyl groups excluding tert-OH is 1. The molecule has 0 amide bonds. The zero-order valence-corrected chi connectivity index (χ0v) is 6.73. The summed E-state index contributed by atoms with van der Waals surface area (Å²) in [5.74, 6) is -1.58. The first-order valence-corrected chi connectivity index (χ1v) is 3.59. The van der Waals surface area contributed by atoms with Crippen LogP contribution in [0.15, 0.2) is 5.11 Å². The second-order valence-electron chi connectivity index (χ2n) is 2.34. The lowest BCUT2D eigenvalue weighted by Gasteiger charge is -2.13. The van der Waals surface area contributed by atoms with E-state index in [1.165, 1.54) is 0 Å². The van der Waals surface area contributed by atoms with Gasteiger partial charge >= 0.3 is 0 Å². The van der Waals surface area contributed by atoms with E-state index < -0.39 is 18.1 Å². The molecule has 0 spiro atoms. The van der Waals surface area contributed by atoms with Crippen molar-refractivity contribution in [3.8, 4) is 0 Å². The van der Waals surface area contributed by atoms with Gasteiger partial charge in [0, 0.05) is 0 Å². The fraction of sp³-hybridized carbons (Fsp3) is 0.833. The SMILES string of the molecule is CCC[C@H](N=[N+]=N)[C@H](O)C(=O)[O-]. The molecular formula is C6H11N3O3. The molecule has 0 aromatic heterocycles. The Bertz CT molecular complexity index is 200. The number of carbonyl (C=O) groups excluding carboxylic acids is 1. The minimum Gasteiger partial charge on any atom is -0.547 e. The lowest BCUT2D eigenvalue weighted by atomic mass is 10.1. The highest BCUT2D eigenvalue weighted by atomic mass is 16.4. The molecule has 68 valence electrons. The van der Waals surface area contributed by atoms with Crippen molar-refractivity contribution in [3.63, 3.8) is 0 Å². The summed E-state index contributed by atoms with van der Waals surface area (Å²) in [7, 11) is 0. The van der Waals surface area contributed by atoms with Crippen LogP contribution in [0.5, 0.6) is 0 Å². The Hall–Kier alpha value is -1.26. The molecule has 0 heterocycles. The zero-order valence-electron chi connectivity index (χ0n) is 6.73. The van der Waals surface area contributed by atoms with Crippen molar-refractivity contribution in [2.24, 2.45) is 5.11 Å². The maximum Gasteiger partial charge on any atom is 0.214 e. The number of rotatable bonds is 5. The van der Waals surface area contributed by atoms with E-state index in [0.717, 1.165) is 0 Å². The van der Waals surface area contributed by atoms with Gasteiger partial charge in [0.15, 0.2) is 6.04 Å². The number of carbonyl (C=O) groups is 1. The van der Waals surface area contributed by atoms with E-state index in [2.05, 4.69) is 10.0 Å². The van der Waals surface area contributed by atoms with Crippen LogP contribution in [0.1, 0.15) is 19.8 Å². The van der Waals surface area contributed by atoms with Crippen molar-refractivity contribution < 1.29 is 15.0 Å². The largest absolute Gasteiger partial charge is 0.547 e. The van der Waals surface area contributed by atoms with Gasteiger partial charge in [0.05, 0.1) is 5.97 Å². The highest BCUT2D eigenvalue weighted by molar-refractivity contribution is 5.70. The minimum atomic E-state index is -1.67. The Labute approximate surface area is 69.4 Å². The highest BCUT2D eigenvalue weighted by Gasteiger charge is 2.23. The van der Waals surface area contributed by atoms with Crippen molar-refractivity contribution >= 4 is 5.97 Å². The van der Waals surface area contributed by atoms with Crippen LogP contribution in [0.25, 0.3) is 0 Å². The Morgan fingerprint density at radius 1 is 1.83 bits per heavy atom. The van der Waals surface area contributed by atoms with Gasteiger partial charge < -0.3 is 15.0 Å². The van der Waals surface area contributed by atoms with Crippen molar-refractivity contribution in [2.45, 2.75) is 31.9 Å². The summed E-state index contributed by atoms with van der Waals surface area (Å²) < 4.78 is 0. The van der Waals surface area contributed by atoms with E-state index in [0.29, 0.717) is 12.8 Å². The first kappa shape index (κ1) is 10.7. The molecule has 0 aliphatic heterocycles. The predicted octanol–water partition coefficient (Wildman–Crippen LogP) is -1.18. The maximum atomic E-state index is 10.2. The lowest BCUT2D eigenvalue weighted by molar-refractivity contribution is -0.315. The molecule has 0 aromatic rings. The maximum absolute atomic E-state index is 10.2. The molecule has 6 heteroatoms. The number of hydrogen-bond acceptors (Lipinski definition) is 5. The van der Waals surface area contributed by atoms with E-state index >= 15 is 0 Å². The van der Waals surface area contributed by atoms with E-state index in [4.69, 9.17) is 10.6 Å². The van der Waals surface area contributed by atoms with Gasteiger partial charge in [0.25, 0.3) is 0 Å². The number of aliphatic carboxylic acids is 1. The average Bonchev–Trinajstić information content (AvgIpc) is 2.03. The van der Waals surface area contributed by atoms with Crippen LogP contribution in [-0.2, 0) is 4.79 Å². The molecule has 0 radical (unpaired) electrons. The predicted molar refractivity (Wildman–Crippen MR) is 37.0 cm³/mol. The molecule has 6 nitrogen and oxygen atoms in total. The van der Waals surface area contributed by atoms with Gasteiger partial charge in [0.1, 0.15) is 16.7 Å². The molecular weight excluding hydrogens is 162 g/mol. The van der Waals surface area contributed by atoms with E-state index in [9.17, 15) is 9.90 Å². The number of carboxylic acids is 1. The smallest absolute Gasteiger partial charge is 0.214 e. The number of aliphatic hydroxyl groups is 1. The summed E-state index contributed by atoms with van der Waals surface area (Å²) in [4.78, 5) is 12.8. The average molecular weight is 173 g/mol. The Morgan fingerprint density at radius 3 is 2.75 bits per heavy atom. The van der Waals surface area contributed by atoms with Crippen LogP contribution >= 0.6 is 0 Å². The molecule has 0 bridgehead atoms. The quantitative estimate of drug-likeness (QED) is 0.403. The topological polar surface area (TPSA) is 111 Å². The van der Waals surface area contributed by atoms with Crippen molar-refractivity contribution in [1.82, 2.24) is 4.91 Å². The van der Waals surface area contributed by atoms with Gasteiger partial charge in [-0.1, -0.05) is 13.3 Å². The summed E-state index contributed by atoms with van der Waals surface area (Å²) in [5.41, 5.74) is 6.38. The second kappa shape index (κ2) is 5.40. The Kier molecular flexibility index (Phi) is 4.83. The van der Waals surface area contributed by atoms with Crippen LogP contribution in [0, 0.1) is 5.53 Å². The molecule has 0 aliphatic carbocycles. The molecule has 2 N–H and O–H groups in total. The standard InChI is InChI=1S/C6H11N3O3/c1-2-3-4(8-9-7)5(10)6(11)12/h4-5,7,10H,2-3H2,1H3/t4-,5-/m0/s1. The van der Waals surface area contributed by atoms with E-state index in [1.807, 2.05) is 6.92 Å². The Balaban J connectivity index is 4.27. The molecule has 12 heavy (non-hydrogen) atoms. The van der Waals surface area contributed by atoms with Crippen LogP contribution in [0.3, 0.4) is 0 Å². The number of hydrogen-bond donors (Lipinski definition) is 2. The third kappa shape index (κ3) is 3.23. The van der Waals surface area contributed by atoms with Gasteiger partial charge in [-0.25, -0.2) is 0 Å².